The van der Waals surface area contributed by atoms with Gasteiger partial charge in [-0.1, -0.05) is 0 Å². The summed E-state index contributed by atoms with van der Waals surface area (Å²) in [5, 5.41) is 9.55. The second-order valence-electron chi connectivity index (χ2n) is 8.02. The number of hydrogen-bond acceptors (Lipinski definition) is 5. The van der Waals surface area contributed by atoms with Gasteiger partial charge in [-0.2, -0.15) is 0 Å². The summed E-state index contributed by atoms with van der Waals surface area (Å²) in [6.45, 7) is 9.35. The molecule has 0 aliphatic carbocycles. The zero-order chi connectivity index (χ0) is 18.1. The predicted octanol–water partition coefficient (Wildman–Crippen LogP) is 2.44. The van der Waals surface area contributed by atoms with Crippen LogP contribution < -0.4 is 9.47 Å². The van der Waals surface area contributed by atoms with Crippen LogP contribution in [0.15, 0.2) is 12.1 Å². The van der Waals surface area contributed by atoms with Crippen LogP contribution in [0.2, 0.25) is 0 Å². The minimum Gasteiger partial charge on any atom is -0.494 e. The van der Waals surface area contributed by atoms with Crippen molar-refractivity contribution in [3.05, 3.63) is 23.3 Å². The molecule has 1 N–H and O–H groups in total. The minimum atomic E-state index is 0.249. The number of benzene rings is 1. The van der Waals surface area contributed by atoms with Gasteiger partial charge in [0.25, 0.3) is 0 Å². The van der Waals surface area contributed by atoms with Crippen molar-refractivity contribution in [3.63, 3.8) is 0 Å². The van der Waals surface area contributed by atoms with Gasteiger partial charge in [0.2, 0.25) is 0 Å². The van der Waals surface area contributed by atoms with Gasteiger partial charge in [0.15, 0.2) is 0 Å². The lowest BCUT2D eigenvalue weighted by Crippen LogP contribution is -2.55. The molecule has 0 saturated carbocycles. The number of piperazine rings is 1. The predicted molar refractivity (Wildman–Crippen MR) is 102 cm³/mol. The maximum Gasteiger partial charge on any atom is 0.124 e. The monoisotopic (exact) mass is 360 g/mol. The van der Waals surface area contributed by atoms with E-state index >= 15 is 0 Å². The Morgan fingerprint density at radius 1 is 1.31 bits per heavy atom. The molecule has 1 aromatic rings. The van der Waals surface area contributed by atoms with Crippen molar-refractivity contribution in [1.82, 2.24) is 9.80 Å². The molecule has 0 aromatic heterocycles. The van der Waals surface area contributed by atoms with Gasteiger partial charge in [-0.05, 0) is 51.8 Å². The number of nitrogens with zero attached hydrogens (tertiary/aromatic N) is 2. The fourth-order valence-electron chi connectivity index (χ4n) is 4.88. The molecule has 4 rings (SSSR count). The number of fused-ring (bicyclic) bond motifs is 2. The van der Waals surface area contributed by atoms with Gasteiger partial charge < -0.3 is 14.6 Å². The Bertz CT molecular complexity index is 636. The molecular formula is C21H32N2O3. The Labute approximate surface area is 156 Å². The summed E-state index contributed by atoms with van der Waals surface area (Å²) in [5.41, 5.74) is 2.48. The van der Waals surface area contributed by atoms with E-state index in [0.29, 0.717) is 18.7 Å². The molecule has 5 heteroatoms. The summed E-state index contributed by atoms with van der Waals surface area (Å²) < 4.78 is 12.0. The van der Waals surface area contributed by atoms with E-state index in [4.69, 9.17) is 9.47 Å². The zero-order valence-corrected chi connectivity index (χ0v) is 16.1. The molecule has 3 atom stereocenters. The lowest BCUT2D eigenvalue weighted by atomic mass is 10.0. The molecule has 144 valence electrons. The summed E-state index contributed by atoms with van der Waals surface area (Å²) in [6.07, 6.45) is 4.65. The van der Waals surface area contributed by atoms with Crippen LogP contribution in [0.25, 0.3) is 0 Å². The van der Waals surface area contributed by atoms with Gasteiger partial charge in [0.05, 0.1) is 6.61 Å². The number of rotatable bonds is 6. The highest BCUT2D eigenvalue weighted by molar-refractivity contribution is 5.48. The number of ether oxygens (including phenoxy) is 2. The van der Waals surface area contributed by atoms with E-state index in [9.17, 15) is 5.11 Å². The third-order valence-electron chi connectivity index (χ3n) is 6.12. The van der Waals surface area contributed by atoms with Crippen LogP contribution >= 0.6 is 0 Å². The topological polar surface area (TPSA) is 45.2 Å². The zero-order valence-electron chi connectivity index (χ0n) is 16.1. The highest BCUT2D eigenvalue weighted by Gasteiger charge is 2.36. The summed E-state index contributed by atoms with van der Waals surface area (Å²) in [7, 11) is 0. The molecule has 5 nitrogen and oxygen atoms in total. The third-order valence-corrected chi connectivity index (χ3v) is 6.12. The molecule has 0 bridgehead atoms. The third kappa shape index (κ3) is 3.57. The van der Waals surface area contributed by atoms with Crippen molar-refractivity contribution in [2.75, 3.05) is 32.8 Å². The maximum absolute atomic E-state index is 9.55. The van der Waals surface area contributed by atoms with Crippen LogP contribution in [-0.2, 0) is 13.0 Å². The van der Waals surface area contributed by atoms with Crippen LogP contribution in [-0.4, -0.2) is 65.9 Å². The second-order valence-corrected chi connectivity index (χ2v) is 8.02. The second kappa shape index (κ2) is 7.75. The summed E-state index contributed by atoms with van der Waals surface area (Å²) >= 11 is 0. The quantitative estimate of drug-likeness (QED) is 0.844. The van der Waals surface area contributed by atoms with E-state index in [0.717, 1.165) is 44.0 Å². The molecule has 2 fully saturated rings. The van der Waals surface area contributed by atoms with E-state index in [1.54, 1.807) is 0 Å². The van der Waals surface area contributed by atoms with Crippen LogP contribution in [0.1, 0.15) is 44.2 Å². The highest BCUT2D eigenvalue weighted by Crippen LogP contribution is 2.37. The molecule has 1 aromatic carbocycles. The Balaban J connectivity index is 1.57. The SMILES string of the molecule is CCOc1cc2c(cc1CN1C[C@H]3CCCN3C[C@@H]1CCO)O[C@H](C)C2. The maximum atomic E-state index is 9.55. The average molecular weight is 360 g/mol. The van der Waals surface area contributed by atoms with E-state index in [1.165, 1.54) is 30.5 Å². The molecule has 0 amide bonds. The van der Waals surface area contributed by atoms with Gasteiger partial charge in [0, 0.05) is 55.9 Å². The van der Waals surface area contributed by atoms with Crippen LogP contribution in [0, 0.1) is 0 Å². The van der Waals surface area contributed by atoms with E-state index in [1.807, 2.05) is 6.92 Å². The van der Waals surface area contributed by atoms with Gasteiger partial charge >= 0.3 is 0 Å². The van der Waals surface area contributed by atoms with Crippen molar-refractivity contribution in [3.8, 4) is 11.5 Å². The van der Waals surface area contributed by atoms with Crippen molar-refractivity contribution in [2.24, 2.45) is 0 Å². The minimum absolute atomic E-state index is 0.249. The summed E-state index contributed by atoms with van der Waals surface area (Å²) in [5.74, 6) is 2.02. The normalized spacial score (nSPS) is 28.7. The molecule has 26 heavy (non-hydrogen) atoms. The Morgan fingerprint density at radius 2 is 2.19 bits per heavy atom. The first kappa shape index (κ1) is 18.1. The highest BCUT2D eigenvalue weighted by atomic mass is 16.5. The van der Waals surface area contributed by atoms with Crippen LogP contribution in [0.4, 0.5) is 0 Å². The number of hydrogen-bond donors (Lipinski definition) is 1. The van der Waals surface area contributed by atoms with E-state index in [2.05, 4.69) is 28.9 Å². The standard InChI is InChI=1S/C21H32N2O3/c1-3-25-20-10-16-9-15(2)26-21(16)11-17(20)12-23-14-18-5-4-7-22(18)13-19(23)6-8-24/h10-11,15,18-19,24H,3-9,12-14H2,1-2H3/t15-,18-,19+/m1/s1. The van der Waals surface area contributed by atoms with Gasteiger partial charge in [-0.25, -0.2) is 0 Å². The first-order chi connectivity index (χ1) is 12.7. The molecule has 3 aliphatic heterocycles. The fraction of sp³-hybridized carbons (Fsp3) is 0.714. The molecule has 0 spiro atoms. The van der Waals surface area contributed by atoms with E-state index < -0.39 is 0 Å². The Hall–Kier alpha value is -1.30. The number of aliphatic hydroxyl groups is 1. The molecule has 0 radical (unpaired) electrons. The summed E-state index contributed by atoms with van der Waals surface area (Å²) in [4.78, 5) is 5.18. The first-order valence-electron chi connectivity index (χ1n) is 10.2. The largest absolute Gasteiger partial charge is 0.494 e. The van der Waals surface area contributed by atoms with Gasteiger partial charge in [-0.3, -0.25) is 9.80 Å². The molecular weight excluding hydrogens is 328 g/mol. The smallest absolute Gasteiger partial charge is 0.124 e. The first-order valence-corrected chi connectivity index (χ1v) is 10.2. The fourth-order valence-corrected chi connectivity index (χ4v) is 4.88. The lowest BCUT2D eigenvalue weighted by molar-refractivity contribution is 0.0328. The van der Waals surface area contributed by atoms with Crippen molar-refractivity contribution in [2.45, 2.75) is 64.3 Å². The number of aliphatic hydroxyl groups excluding tert-OH is 1. The van der Waals surface area contributed by atoms with Crippen molar-refractivity contribution in [1.29, 1.82) is 0 Å². The van der Waals surface area contributed by atoms with Crippen molar-refractivity contribution >= 4 is 0 Å². The average Bonchev–Trinajstić information content (AvgIpc) is 3.20. The van der Waals surface area contributed by atoms with E-state index in [-0.39, 0.29) is 12.7 Å². The van der Waals surface area contributed by atoms with Crippen LogP contribution in [0.3, 0.4) is 0 Å². The van der Waals surface area contributed by atoms with Crippen molar-refractivity contribution < 1.29 is 14.6 Å². The molecule has 0 unspecified atom stereocenters. The van der Waals surface area contributed by atoms with Crippen LogP contribution in [0.5, 0.6) is 11.5 Å². The summed E-state index contributed by atoms with van der Waals surface area (Å²) in [6, 6.07) is 5.47. The molecule has 2 saturated heterocycles. The molecule has 3 aliphatic rings. The Kier molecular flexibility index (Phi) is 5.39. The van der Waals surface area contributed by atoms with Gasteiger partial charge in [-0.15, -0.1) is 0 Å². The molecule has 3 heterocycles. The Morgan fingerprint density at radius 3 is 3.00 bits per heavy atom. The van der Waals surface area contributed by atoms with Gasteiger partial charge in [0.1, 0.15) is 17.6 Å². The lowest BCUT2D eigenvalue weighted by Gasteiger charge is -2.44.